The topological polar surface area (TPSA) is 114 Å². The zero-order valence-electron chi connectivity index (χ0n) is 26.2. The molecule has 0 saturated heterocycles. The van der Waals surface area contributed by atoms with Gasteiger partial charge in [-0.25, -0.2) is 14.8 Å². The number of benzene rings is 4. The molecule has 6 aromatic rings. The molecular weight excluding hydrogens is 590 g/mol. The molecule has 0 bridgehead atoms. The summed E-state index contributed by atoms with van der Waals surface area (Å²) in [5.74, 6) is -0.119. The fourth-order valence-corrected chi connectivity index (χ4v) is 5.99. The van der Waals surface area contributed by atoms with Gasteiger partial charge in [-0.1, -0.05) is 91.8 Å². The minimum Gasteiger partial charge on any atom is -0.487 e. The molecule has 0 amide bonds. The van der Waals surface area contributed by atoms with Gasteiger partial charge in [0.25, 0.3) is 0 Å². The first-order valence-corrected chi connectivity index (χ1v) is 15.4. The molecule has 2 aromatic heterocycles. The molecule has 0 saturated carbocycles. The summed E-state index contributed by atoms with van der Waals surface area (Å²) < 4.78 is 12.1. The van der Waals surface area contributed by atoms with Crippen LogP contribution in [0.25, 0.3) is 21.8 Å². The lowest BCUT2D eigenvalue weighted by molar-refractivity contribution is -0.129. The number of rotatable bonds is 12. The van der Waals surface area contributed by atoms with E-state index >= 15 is 0 Å². The monoisotopic (exact) mass is 625 g/mol. The number of para-hydroxylation sites is 2. The number of carboxylic acid groups (broad SMARTS) is 1. The van der Waals surface area contributed by atoms with Crippen molar-refractivity contribution in [2.45, 2.75) is 39.4 Å². The van der Waals surface area contributed by atoms with Crippen LogP contribution in [0.5, 0.6) is 11.5 Å². The van der Waals surface area contributed by atoms with Crippen molar-refractivity contribution in [3.05, 3.63) is 144 Å². The number of nitrogens with zero attached hydrogens (tertiary/aromatic N) is 3. The largest absolute Gasteiger partial charge is 0.487 e. The number of hydrogen-bond acceptors (Lipinski definition) is 7. The minimum atomic E-state index is -1.25. The van der Waals surface area contributed by atoms with Crippen LogP contribution in [0.15, 0.2) is 126 Å². The Kier molecular flexibility index (Phi) is 9.11. The van der Waals surface area contributed by atoms with Gasteiger partial charge < -0.3 is 19.8 Å². The van der Waals surface area contributed by atoms with Gasteiger partial charge in [0, 0.05) is 23.1 Å². The van der Waals surface area contributed by atoms with E-state index in [-0.39, 0.29) is 18.1 Å². The van der Waals surface area contributed by atoms with Crippen LogP contribution < -0.4 is 9.47 Å². The van der Waals surface area contributed by atoms with Crippen molar-refractivity contribution in [1.82, 2.24) is 9.97 Å². The van der Waals surface area contributed by atoms with E-state index in [1.54, 1.807) is 0 Å². The Morgan fingerprint density at radius 3 is 1.55 bits per heavy atom. The van der Waals surface area contributed by atoms with E-state index in [1.807, 2.05) is 135 Å². The number of fused-ring (bicyclic) bond motifs is 2. The van der Waals surface area contributed by atoms with Crippen LogP contribution in [0.3, 0.4) is 0 Å². The molecule has 0 aliphatic carbocycles. The summed E-state index contributed by atoms with van der Waals surface area (Å²) in [6, 6.07) is 39.5. The highest BCUT2D eigenvalue weighted by atomic mass is 16.5. The van der Waals surface area contributed by atoms with Crippen molar-refractivity contribution in [3.63, 3.8) is 0 Å². The Morgan fingerprint density at radius 1 is 0.681 bits per heavy atom. The molecule has 4 aromatic carbocycles. The quantitative estimate of drug-likeness (QED) is 0.0797. The van der Waals surface area contributed by atoms with Crippen LogP contribution in [-0.4, -0.2) is 32.0 Å². The summed E-state index contributed by atoms with van der Waals surface area (Å²) in [7, 11) is 0. The van der Waals surface area contributed by atoms with Gasteiger partial charge in [-0.05, 0) is 65.1 Å². The Morgan fingerprint density at radius 2 is 1.13 bits per heavy atom. The SMILES string of the molecule is CC(C)(CC(=NO)C(=O)O)C(c1ccc(OCc2ccc3ccccc3n2)cc1)c1ccc(OCc2ccc3ccccc3n2)cc1. The van der Waals surface area contributed by atoms with Gasteiger partial charge in [0.1, 0.15) is 24.7 Å². The highest BCUT2D eigenvalue weighted by molar-refractivity contribution is 6.35. The highest BCUT2D eigenvalue weighted by Crippen LogP contribution is 2.44. The first kappa shape index (κ1) is 31.2. The van der Waals surface area contributed by atoms with E-state index in [1.165, 1.54) is 0 Å². The minimum absolute atomic E-state index is 0.0429. The van der Waals surface area contributed by atoms with Gasteiger partial charge in [-0.2, -0.15) is 0 Å². The Labute approximate surface area is 273 Å². The number of carboxylic acids is 1. The Balaban J connectivity index is 1.21. The Hall–Kier alpha value is -5.76. The van der Waals surface area contributed by atoms with Crippen molar-refractivity contribution in [1.29, 1.82) is 0 Å². The molecule has 8 heteroatoms. The number of hydrogen-bond donors (Lipinski definition) is 2. The second kappa shape index (κ2) is 13.7. The van der Waals surface area contributed by atoms with Crippen molar-refractivity contribution >= 4 is 33.5 Å². The van der Waals surface area contributed by atoms with E-state index in [2.05, 4.69) is 15.1 Å². The average Bonchev–Trinajstić information content (AvgIpc) is 3.09. The maximum atomic E-state index is 11.8. The van der Waals surface area contributed by atoms with E-state index in [4.69, 9.17) is 9.47 Å². The number of aromatic nitrogens is 2. The van der Waals surface area contributed by atoms with Crippen LogP contribution in [0.1, 0.15) is 48.7 Å². The van der Waals surface area contributed by atoms with Crippen molar-refractivity contribution < 1.29 is 24.6 Å². The third-order valence-electron chi connectivity index (χ3n) is 8.28. The lowest BCUT2D eigenvalue weighted by Gasteiger charge is -2.35. The van der Waals surface area contributed by atoms with E-state index in [0.717, 1.165) is 44.3 Å². The van der Waals surface area contributed by atoms with Gasteiger partial charge in [0.15, 0.2) is 5.71 Å². The summed E-state index contributed by atoms with van der Waals surface area (Å²) in [5.41, 5.74) is 4.47. The number of aliphatic carboxylic acids is 1. The summed E-state index contributed by atoms with van der Waals surface area (Å²) >= 11 is 0. The summed E-state index contributed by atoms with van der Waals surface area (Å²) in [4.78, 5) is 21.2. The molecule has 236 valence electrons. The zero-order chi connectivity index (χ0) is 32.8. The molecule has 6 rings (SSSR count). The first-order chi connectivity index (χ1) is 22.8. The van der Waals surface area contributed by atoms with E-state index in [0.29, 0.717) is 24.7 Å². The molecule has 0 spiro atoms. The molecule has 0 aliphatic rings. The molecule has 8 nitrogen and oxygen atoms in total. The van der Waals surface area contributed by atoms with Gasteiger partial charge in [0.05, 0.1) is 22.4 Å². The van der Waals surface area contributed by atoms with Crippen LogP contribution in [-0.2, 0) is 18.0 Å². The van der Waals surface area contributed by atoms with Gasteiger partial charge in [0.2, 0.25) is 0 Å². The lowest BCUT2D eigenvalue weighted by atomic mass is 9.68. The summed E-state index contributed by atoms with van der Waals surface area (Å²) in [5, 5.41) is 24.3. The maximum absolute atomic E-state index is 11.8. The standard InChI is InChI=1S/C39H35N3O5/c1-39(2,23-36(42-45)38(43)44)37(28-13-19-32(20-14-28)46-24-30-17-11-26-7-3-5-9-34(26)40-30)29-15-21-33(22-16-29)47-25-31-18-12-27-8-4-6-10-35(27)41-31/h3-22,37,45H,23-25H2,1-2H3,(H,43,44). The van der Waals surface area contributed by atoms with Gasteiger partial charge >= 0.3 is 5.97 Å². The second-order valence-corrected chi connectivity index (χ2v) is 12.2. The van der Waals surface area contributed by atoms with Gasteiger partial charge in [-0.15, -0.1) is 0 Å². The van der Waals surface area contributed by atoms with Crippen LogP contribution in [0.4, 0.5) is 0 Å². The van der Waals surface area contributed by atoms with E-state index < -0.39 is 11.4 Å². The van der Waals surface area contributed by atoms with Crippen LogP contribution in [0, 0.1) is 5.41 Å². The molecular formula is C39H35N3O5. The Bertz CT molecular complexity index is 1910. The molecule has 0 fully saturated rings. The van der Waals surface area contributed by atoms with Crippen LogP contribution in [0.2, 0.25) is 0 Å². The van der Waals surface area contributed by atoms with Gasteiger partial charge in [-0.3, -0.25) is 0 Å². The number of ether oxygens (including phenoxy) is 2. The second-order valence-electron chi connectivity index (χ2n) is 12.2. The summed E-state index contributed by atoms with van der Waals surface area (Å²) in [6.45, 7) is 4.59. The number of carbonyl (C=O) groups is 1. The fraction of sp³-hybridized carbons (Fsp3) is 0.179. The lowest BCUT2D eigenvalue weighted by Crippen LogP contribution is -2.29. The molecule has 0 radical (unpaired) electrons. The smallest absolute Gasteiger partial charge is 0.353 e. The molecule has 2 heterocycles. The van der Waals surface area contributed by atoms with E-state index in [9.17, 15) is 15.1 Å². The van der Waals surface area contributed by atoms with Crippen molar-refractivity contribution in [2.24, 2.45) is 10.6 Å². The molecule has 2 N–H and O–H groups in total. The predicted molar refractivity (Wildman–Crippen MR) is 182 cm³/mol. The normalized spacial score (nSPS) is 12.0. The molecule has 0 aliphatic heterocycles. The third-order valence-corrected chi connectivity index (χ3v) is 8.28. The fourth-order valence-electron chi connectivity index (χ4n) is 5.99. The summed E-state index contributed by atoms with van der Waals surface area (Å²) in [6.07, 6.45) is 0.0429. The maximum Gasteiger partial charge on any atom is 0.353 e. The highest BCUT2D eigenvalue weighted by Gasteiger charge is 2.35. The predicted octanol–water partition coefficient (Wildman–Crippen LogP) is 8.40. The first-order valence-electron chi connectivity index (χ1n) is 15.4. The third kappa shape index (κ3) is 7.39. The zero-order valence-corrected chi connectivity index (χ0v) is 26.2. The number of pyridine rings is 2. The van der Waals surface area contributed by atoms with Crippen LogP contribution >= 0.6 is 0 Å². The number of oxime groups is 1. The van der Waals surface area contributed by atoms with Crippen molar-refractivity contribution in [3.8, 4) is 11.5 Å². The average molecular weight is 626 g/mol. The molecule has 0 unspecified atom stereocenters. The molecule has 47 heavy (non-hydrogen) atoms. The molecule has 0 atom stereocenters. The van der Waals surface area contributed by atoms with Crippen molar-refractivity contribution in [2.75, 3.05) is 0 Å².